The first kappa shape index (κ1) is 15.3. The number of carboxylic acid groups (broad SMARTS) is 1. The predicted octanol–water partition coefficient (Wildman–Crippen LogP) is 1.90. The van der Waals surface area contributed by atoms with Gasteiger partial charge in [0.25, 0.3) is 0 Å². The first-order valence-electron chi connectivity index (χ1n) is 7.65. The van der Waals surface area contributed by atoms with Crippen LogP contribution >= 0.6 is 0 Å². The van der Waals surface area contributed by atoms with Crippen LogP contribution < -0.4 is 0 Å². The van der Waals surface area contributed by atoms with Crippen LogP contribution in [-0.4, -0.2) is 47.2 Å². The van der Waals surface area contributed by atoms with E-state index in [1.165, 1.54) is 0 Å². The summed E-state index contributed by atoms with van der Waals surface area (Å²) in [6.07, 6.45) is 4.06. The van der Waals surface area contributed by atoms with Crippen LogP contribution in [0.1, 0.15) is 46.0 Å². The molecule has 1 saturated heterocycles. The van der Waals surface area contributed by atoms with Crippen molar-refractivity contribution in [2.24, 2.45) is 11.8 Å². The molecule has 1 amide bonds. The first-order chi connectivity index (χ1) is 9.51. The van der Waals surface area contributed by atoms with E-state index in [9.17, 15) is 9.59 Å². The lowest BCUT2D eigenvalue weighted by Crippen LogP contribution is -2.47. The Labute approximate surface area is 120 Å². The van der Waals surface area contributed by atoms with E-state index in [0.717, 1.165) is 19.4 Å². The van der Waals surface area contributed by atoms with Crippen molar-refractivity contribution in [3.8, 4) is 0 Å². The minimum absolute atomic E-state index is 0.0418. The number of hydrogen-bond acceptors (Lipinski definition) is 3. The predicted molar refractivity (Wildman–Crippen MR) is 74.3 cm³/mol. The number of nitrogens with zero attached hydrogens (tertiary/aromatic N) is 1. The van der Waals surface area contributed by atoms with Gasteiger partial charge in [0.05, 0.1) is 12.0 Å². The topological polar surface area (TPSA) is 66.8 Å². The van der Waals surface area contributed by atoms with Gasteiger partial charge in [0.2, 0.25) is 5.91 Å². The molecule has 0 radical (unpaired) electrons. The van der Waals surface area contributed by atoms with Gasteiger partial charge >= 0.3 is 5.97 Å². The van der Waals surface area contributed by atoms with E-state index in [0.29, 0.717) is 37.8 Å². The minimum atomic E-state index is -0.734. The molecular weight excluding hydrogens is 258 g/mol. The van der Waals surface area contributed by atoms with Crippen molar-refractivity contribution in [1.29, 1.82) is 0 Å². The largest absolute Gasteiger partial charge is 0.481 e. The first-order valence-corrected chi connectivity index (χ1v) is 7.65. The molecule has 2 fully saturated rings. The Bertz CT molecular complexity index is 365. The summed E-state index contributed by atoms with van der Waals surface area (Å²) in [5.74, 6) is -0.396. The molecule has 1 saturated carbocycles. The summed E-state index contributed by atoms with van der Waals surface area (Å²) < 4.78 is 5.51. The fraction of sp³-hybridized carbons (Fsp3) is 0.867. The van der Waals surface area contributed by atoms with Crippen LogP contribution in [0, 0.1) is 11.8 Å². The maximum absolute atomic E-state index is 12.3. The number of aliphatic carboxylic acids is 1. The standard InChI is InChI=1S/C15H25NO4/c1-3-20-13-7-11(8-13)9-14(17)16-5-4-12(15(18)19)6-10(16)2/h10-13H,3-9H2,1-2H3,(H,18,19). The number of hydrogen-bond donors (Lipinski definition) is 1. The molecule has 0 spiro atoms. The minimum Gasteiger partial charge on any atom is -0.481 e. The lowest BCUT2D eigenvalue weighted by molar-refractivity contribution is -0.148. The molecule has 20 heavy (non-hydrogen) atoms. The Morgan fingerprint density at radius 1 is 1.30 bits per heavy atom. The van der Waals surface area contributed by atoms with E-state index >= 15 is 0 Å². The van der Waals surface area contributed by atoms with Crippen molar-refractivity contribution < 1.29 is 19.4 Å². The van der Waals surface area contributed by atoms with Crippen molar-refractivity contribution in [2.75, 3.05) is 13.2 Å². The monoisotopic (exact) mass is 283 g/mol. The summed E-state index contributed by atoms with van der Waals surface area (Å²) in [5.41, 5.74) is 0. The van der Waals surface area contributed by atoms with E-state index in [1.54, 1.807) is 0 Å². The third-order valence-electron chi connectivity index (χ3n) is 4.60. The Hall–Kier alpha value is -1.10. The highest BCUT2D eigenvalue weighted by molar-refractivity contribution is 5.77. The zero-order valence-electron chi connectivity index (χ0n) is 12.4. The Balaban J connectivity index is 1.75. The van der Waals surface area contributed by atoms with E-state index in [2.05, 4.69) is 0 Å². The number of carboxylic acids is 1. The van der Waals surface area contributed by atoms with Gasteiger partial charge in [0.15, 0.2) is 0 Å². The highest BCUT2D eigenvalue weighted by Crippen LogP contribution is 2.34. The zero-order valence-corrected chi connectivity index (χ0v) is 12.4. The second-order valence-electron chi connectivity index (χ2n) is 6.11. The maximum atomic E-state index is 12.3. The van der Waals surface area contributed by atoms with Gasteiger partial charge in [-0.15, -0.1) is 0 Å². The quantitative estimate of drug-likeness (QED) is 0.837. The lowest BCUT2D eigenvalue weighted by atomic mass is 9.79. The highest BCUT2D eigenvalue weighted by atomic mass is 16.5. The number of likely N-dealkylation sites (tertiary alicyclic amines) is 1. The molecule has 2 atom stereocenters. The molecule has 2 rings (SSSR count). The van der Waals surface area contributed by atoms with Gasteiger partial charge in [0.1, 0.15) is 0 Å². The zero-order chi connectivity index (χ0) is 14.7. The second kappa shape index (κ2) is 6.57. The van der Waals surface area contributed by atoms with Crippen LogP contribution in [0.5, 0.6) is 0 Å². The van der Waals surface area contributed by atoms with E-state index in [4.69, 9.17) is 9.84 Å². The molecule has 0 bridgehead atoms. The third kappa shape index (κ3) is 3.51. The number of carbonyl (C=O) groups excluding carboxylic acids is 1. The summed E-state index contributed by atoms with van der Waals surface area (Å²) in [7, 11) is 0. The Kier molecular flexibility index (Phi) is 5.02. The molecule has 1 N–H and O–H groups in total. The van der Waals surface area contributed by atoms with Crippen LogP contribution in [-0.2, 0) is 14.3 Å². The average Bonchev–Trinajstić information content (AvgIpc) is 2.35. The van der Waals surface area contributed by atoms with Crippen LogP contribution in [0.25, 0.3) is 0 Å². The number of carbonyl (C=O) groups is 2. The summed E-state index contributed by atoms with van der Waals surface area (Å²) in [6.45, 7) is 5.27. The molecular formula is C15H25NO4. The SMILES string of the molecule is CCOC1CC(CC(=O)N2CCC(C(=O)O)CC2C)C1. The van der Waals surface area contributed by atoms with Crippen LogP contribution in [0.3, 0.4) is 0 Å². The van der Waals surface area contributed by atoms with Crippen molar-refractivity contribution in [1.82, 2.24) is 4.90 Å². The number of piperidine rings is 1. The normalized spacial score (nSPS) is 33.6. The van der Waals surface area contributed by atoms with Gasteiger partial charge in [-0.3, -0.25) is 9.59 Å². The summed E-state index contributed by atoms with van der Waals surface area (Å²) in [5, 5.41) is 9.04. The van der Waals surface area contributed by atoms with Gasteiger partial charge < -0.3 is 14.7 Å². The summed E-state index contributed by atoms with van der Waals surface area (Å²) >= 11 is 0. The number of ether oxygens (including phenoxy) is 1. The molecule has 0 aromatic carbocycles. The van der Waals surface area contributed by atoms with Crippen molar-refractivity contribution in [3.63, 3.8) is 0 Å². The lowest BCUT2D eigenvalue weighted by Gasteiger charge is -2.39. The molecule has 5 nitrogen and oxygen atoms in total. The molecule has 2 aliphatic rings. The molecule has 1 heterocycles. The summed E-state index contributed by atoms with van der Waals surface area (Å²) in [6, 6.07) is 0.0418. The Morgan fingerprint density at radius 3 is 2.55 bits per heavy atom. The van der Waals surface area contributed by atoms with Gasteiger partial charge in [0, 0.05) is 25.6 Å². The second-order valence-corrected chi connectivity index (χ2v) is 6.11. The van der Waals surface area contributed by atoms with Crippen LogP contribution in [0.4, 0.5) is 0 Å². The smallest absolute Gasteiger partial charge is 0.306 e. The average molecular weight is 283 g/mol. The van der Waals surface area contributed by atoms with Crippen LogP contribution in [0.15, 0.2) is 0 Å². The van der Waals surface area contributed by atoms with Gasteiger partial charge in [-0.25, -0.2) is 0 Å². The van der Waals surface area contributed by atoms with Crippen molar-refractivity contribution >= 4 is 11.9 Å². The highest BCUT2D eigenvalue weighted by Gasteiger charge is 2.36. The van der Waals surface area contributed by atoms with Gasteiger partial charge in [-0.1, -0.05) is 0 Å². The molecule has 1 aliphatic carbocycles. The van der Waals surface area contributed by atoms with Crippen LogP contribution in [0.2, 0.25) is 0 Å². The fourth-order valence-electron chi connectivity index (χ4n) is 3.34. The van der Waals surface area contributed by atoms with E-state index in [-0.39, 0.29) is 17.9 Å². The van der Waals surface area contributed by atoms with Gasteiger partial charge in [-0.05, 0) is 45.4 Å². The summed E-state index contributed by atoms with van der Waals surface area (Å²) in [4.78, 5) is 25.1. The number of amides is 1. The van der Waals surface area contributed by atoms with E-state index < -0.39 is 5.97 Å². The molecule has 114 valence electrons. The molecule has 1 aliphatic heterocycles. The fourth-order valence-corrected chi connectivity index (χ4v) is 3.34. The Morgan fingerprint density at radius 2 is 2.00 bits per heavy atom. The third-order valence-corrected chi connectivity index (χ3v) is 4.60. The molecule has 0 aromatic rings. The molecule has 0 aromatic heterocycles. The molecule has 5 heteroatoms. The van der Waals surface area contributed by atoms with Crippen molar-refractivity contribution in [3.05, 3.63) is 0 Å². The van der Waals surface area contributed by atoms with E-state index in [1.807, 2.05) is 18.7 Å². The van der Waals surface area contributed by atoms with Crippen molar-refractivity contribution in [2.45, 2.75) is 58.1 Å². The maximum Gasteiger partial charge on any atom is 0.306 e. The van der Waals surface area contributed by atoms with Gasteiger partial charge in [-0.2, -0.15) is 0 Å². The molecule has 2 unspecified atom stereocenters. The number of rotatable bonds is 5.